The van der Waals surface area contributed by atoms with Gasteiger partial charge in [-0.15, -0.1) is 0 Å². The van der Waals surface area contributed by atoms with Crippen LogP contribution in [0.3, 0.4) is 0 Å². The third-order valence-electron chi connectivity index (χ3n) is 3.95. The Labute approximate surface area is 151 Å². The Bertz CT molecular complexity index is 1020. The van der Waals surface area contributed by atoms with E-state index in [2.05, 4.69) is 37.3 Å². The van der Waals surface area contributed by atoms with Crippen LogP contribution in [0.15, 0.2) is 89.3 Å². The summed E-state index contributed by atoms with van der Waals surface area (Å²) in [5, 5.41) is 8.69. The van der Waals surface area contributed by atoms with Gasteiger partial charge in [-0.1, -0.05) is 48.5 Å². The molecule has 0 saturated carbocycles. The van der Waals surface area contributed by atoms with Crippen LogP contribution >= 0.6 is 0 Å². The van der Waals surface area contributed by atoms with Gasteiger partial charge in [0.2, 0.25) is 0 Å². The van der Waals surface area contributed by atoms with Gasteiger partial charge in [-0.2, -0.15) is 10.2 Å². The monoisotopic (exact) mass is 339 g/mol. The van der Waals surface area contributed by atoms with Crippen LogP contribution in [-0.2, 0) is 6.42 Å². The van der Waals surface area contributed by atoms with Gasteiger partial charge >= 0.3 is 0 Å². The Balaban J connectivity index is 1.68. The van der Waals surface area contributed by atoms with Gasteiger partial charge in [-0.05, 0) is 23.8 Å². The summed E-state index contributed by atoms with van der Waals surface area (Å²) < 4.78 is 0. The van der Waals surface area contributed by atoms with E-state index in [4.69, 9.17) is 0 Å². The first-order valence-corrected chi connectivity index (χ1v) is 8.37. The van der Waals surface area contributed by atoms with Crippen molar-refractivity contribution in [3.63, 3.8) is 0 Å². The van der Waals surface area contributed by atoms with Gasteiger partial charge in [0.15, 0.2) is 5.82 Å². The summed E-state index contributed by atoms with van der Waals surface area (Å²) in [6.07, 6.45) is 5.82. The SMILES string of the molecule is C(=N\N=C(\Cc1ccccc1)c1nc2ccccc2[nH]1)/c1cccnc1. The number of imidazole rings is 1. The lowest BCUT2D eigenvalue weighted by Gasteiger charge is -2.02. The van der Waals surface area contributed by atoms with E-state index in [1.807, 2.05) is 54.6 Å². The lowest BCUT2D eigenvalue weighted by molar-refractivity contribution is 1.15. The highest BCUT2D eigenvalue weighted by molar-refractivity contribution is 6.01. The summed E-state index contributed by atoms with van der Waals surface area (Å²) in [7, 11) is 0. The summed E-state index contributed by atoms with van der Waals surface area (Å²) in [4.78, 5) is 12.1. The van der Waals surface area contributed by atoms with E-state index in [1.54, 1.807) is 18.6 Å². The molecule has 0 atom stereocenters. The highest BCUT2D eigenvalue weighted by Gasteiger charge is 2.10. The van der Waals surface area contributed by atoms with E-state index >= 15 is 0 Å². The number of nitrogens with zero attached hydrogens (tertiary/aromatic N) is 4. The number of hydrogen-bond donors (Lipinski definition) is 1. The third kappa shape index (κ3) is 3.72. The second kappa shape index (κ2) is 7.53. The molecule has 0 radical (unpaired) electrons. The van der Waals surface area contributed by atoms with Crippen molar-refractivity contribution >= 4 is 23.0 Å². The molecule has 0 aliphatic heterocycles. The summed E-state index contributed by atoms with van der Waals surface area (Å²) in [5.41, 5.74) is 4.75. The standard InChI is InChI=1S/C21H17N5/c1-2-7-16(8-3-1)13-20(26-23-15-17-9-6-12-22-14-17)21-24-18-10-4-5-11-19(18)25-21/h1-12,14-15H,13H2,(H,24,25)/b23-15+,26-20-. The molecule has 126 valence electrons. The predicted octanol–water partition coefficient (Wildman–Crippen LogP) is 4.02. The number of nitrogens with one attached hydrogen (secondary N) is 1. The molecule has 0 fully saturated rings. The molecule has 0 spiro atoms. The van der Waals surface area contributed by atoms with Crippen LogP contribution in [-0.4, -0.2) is 26.9 Å². The second-order valence-corrected chi connectivity index (χ2v) is 5.84. The molecule has 0 saturated heterocycles. The zero-order chi connectivity index (χ0) is 17.6. The zero-order valence-electron chi connectivity index (χ0n) is 14.1. The van der Waals surface area contributed by atoms with Crippen LogP contribution in [0.5, 0.6) is 0 Å². The largest absolute Gasteiger partial charge is 0.337 e. The van der Waals surface area contributed by atoms with E-state index in [9.17, 15) is 0 Å². The maximum Gasteiger partial charge on any atom is 0.155 e. The molecule has 0 amide bonds. The molecular formula is C21H17N5. The maximum atomic E-state index is 4.66. The Hall–Kier alpha value is -3.60. The summed E-state index contributed by atoms with van der Waals surface area (Å²) >= 11 is 0. The Kier molecular flexibility index (Phi) is 4.60. The highest BCUT2D eigenvalue weighted by atomic mass is 15.2. The lowest BCUT2D eigenvalue weighted by Crippen LogP contribution is -2.07. The van der Waals surface area contributed by atoms with E-state index < -0.39 is 0 Å². The number of fused-ring (bicyclic) bond motifs is 1. The minimum atomic E-state index is 0.644. The number of benzene rings is 2. The maximum absolute atomic E-state index is 4.66. The van der Waals surface area contributed by atoms with Crippen molar-refractivity contribution in [1.82, 2.24) is 15.0 Å². The first-order chi connectivity index (χ1) is 12.9. The molecule has 0 aliphatic carbocycles. The fraction of sp³-hybridized carbons (Fsp3) is 0.0476. The van der Waals surface area contributed by atoms with Crippen LogP contribution in [0.1, 0.15) is 17.0 Å². The Morgan fingerprint density at radius 3 is 2.62 bits per heavy atom. The molecule has 0 bridgehead atoms. The fourth-order valence-corrected chi connectivity index (χ4v) is 2.66. The zero-order valence-corrected chi connectivity index (χ0v) is 14.1. The second-order valence-electron chi connectivity index (χ2n) is 5.84. The summed E-state index contributed by atoms with van der Waals surface area (Å²) in [6.45, 7) is 0. The number of hydrogen-bond acceptors (Lipinski definition) is 4. The molecule has 2 aromatic carbocycles. The van der Waals surface area contributed by atoms with Crippen molar-refractivity contribution in [1.29, 1.82) is 0 Å². The molecule has 5 heteroatoms. The Morgan fingerprint density at radius 2 is 1.81 bits per heavy atom. The molecule has 4 rings (SSSR count). The van der Waals surface area contributed by atoms with Gasteiger partial charge in [0, 0.05) is 24.4 Å². The van der Waals surface area contributed by atoms with Gasteiger partial charge in [-0.3, -0.25) is 4.98 Å². The summed E-state index contributed by atoms with van der Waals surface area (Å²) in [5.74, 6) is 0.735. The van der Waals surface area contributed by atoms with Gasteiger partial charge in [-0.25, -0.2) is 4.98 Å². The minimum absolute atomic E-state index is 0.644. The summed E-state index contributed by atoms with van der Waals surface area (Å²) in [6, 6.07) is 21.9. The normalized spacial score (nSPS) is 12.1. The van der Waals surface area contributed by atoms with Gasteiger partial charge < -0.3 is 4.98 Å². The minimum Gasteiger partial charge on any atom is -0.337 e. The molecule has 26 heavy (non-hydrogen) atoms. The van der Waals surface area contributed by atoms with Crippen molar-refractivity contribution in [2.75, 3.05) is 0 Å². The number of rotatable bonds is 5. The van der Waals surface area contributed by atoms with Crippen LogP contribution in [0.2, 0.25) is 0 Å². The lowest BCUT2D eigenvalue weighted by atomic mass is 10.1. The van der Waals surface area contributed by atoms with Crippen molar-refractivity contribution in [3.05, 3.63) is 96.1 Å². The van der Waals surface area contributed by atoms with Crippen LogP contribution < -0.4 is 0 Å². The molecule has 2 heterocycles. The smallest absolute Gasteiger partial charge is 0.155 e. The number of aromatic amines is 1. The molecule has 5 nitrogen and oxygen atoms in total. The first kappa shape index (κ1) is 15.9. The van der Waals surface area contributed by atoms with E-state index in [0.717, 1.165) is 33.7 Å². The van der Waals surface area contributed by atoms with Crippen LogP contribution in [0.25, 0.3) is 11.0 Å². The highest BCUT2D eigenvalue weighted by Crippen LogP contribution is 2.13. The number of H-pyrrole nitrogens is 1. The number of aromatic nitrogens is 3. The van der Waals surface area contributed by atoms with Crippen LogP contribution in [0, 0.1) is 0 Å². The average Bonchev–Trinajstić information content (AvgIpc) is 3.13. The third-order valence-corrected chi connectivity index (χ3v) is 3.95. The van der Waals surface area contributed by atoms with E-state index in [0.29, 0.717) is 6.42 Å². The predicted molar refractivity (Wildman–Crippen MR) is 105 cm³/mol. The van der Waals surface area contributed by atoms with Crippen molar-refractivity contribution < 1.29 is 0 Å². The van der Waals surface area contributed by atoms with Crippen molar-refractivity contribution in [2.24, 2.45) is 10.2 Å². The van der Waals surface area contributed by atoms with Crippen molar-refractivity contribution in [2.45, 2.75) is 6.42 Å². The van der Waals surface area contributed by atoms with Crippen molar-refractivity contribution in [3.8, 4) is 0 Å². The van der Waals surface area contributed by atoms with Gasteiger partial charge in [0.25, 0.3) is 0 Å². The first-order valence-electron chi connectivity index (χ1n) is 8.37. The Morgan fingerprint density at radius 1 is 0.962 bits per heavy atom. The number of pyridine rings is 1. The molecule has 1 N–H and O–H groups in total. The quantitative estimate of drug-likeness (QED) is 0.441. The topological polar surface area (TPSA) is 66.3 Å². The molecule has 4 aromatic rings. The fourth-order valence-electron chi connectivity index (χ4n) is 2.66. The van der Waals surface area contributed by atoms with E-state index in [-0.39, 0.29) is 0 Å². The van der Waals surface area contributed by atoms with E-state index in [1.165, 1.54) is 0 Å². The molecule has 0 aliphatic rings. The van der Waals surface area contributed by atoms with Crippen LogP contribution in [0.4, 0.5) is 0 Å². The number of para-hydroxylation sites is 2. The average molecular weight is 339 g/mol. The van der Waals surface area contributed by atoms with Gasteiger partial charge in [0.05, 0.1) is 17.2 Å². The molecule has 0 unspecified atom stereocenters. The molecule has 2 aromatic heterocycles. The van der Waals surface area contributed by atoms with Gasteiger partial charge in [0.1, 0.15) is 5.71 Å². The molecular weight excluding hydrogens is 322 g/mol.